The van der Waals surface area contributed by atoms with Crippen LogP contribution in [0.3, 0.4) is 0 Å². The highest BCUT2D eigenvalue weighted by atomic mass is 19.4. The number of halogens is 3. The van der Waals surface area contributed by atoms with E-state index in [0.717, 1.165) is 13.3 Å². The zero-order valence-electron chi connectivity index (χ0n) is 13.9. The maximum Gasteiger partial charge on any atom is 0.408 e. The van der Waals surface area contributed by atoms with Crippen LogP contribution >= 0.6 is 0 Å². The van der Waals surface area contributed by atoms with Gasteiger partial charge in [0.2, 0.25) is 11.9 Å². The fourth-order valence-corrected chi connectivity index (χ4v) is 2.27. The van der Waals surface area contributed by atoms with Crippen molar-refractivity contribution in [1.29, 1.82) is 0 Å². The molecule has 1 aromatic rings. The molecule has 2 atom stereocenters. The molecular formula is C15H22F3N5O. The van der Waals surface area contributed by atoms with Gasteiger partial charge in [-0.15, -0.1) is 0 Å². The monoisotopic (exact) mass is 345 g/mol. The van der Waals surface area contributed by atoms with Crippen LogP contribution in [0.1, 0.15) is 45.9 Å². The Morgan fingerprint density at radius 2 is 1.75 bits per heavy atom. The standard InChI is InChI=1S/C15H22F3N5O/c1-8(2)19-13-21-12(10-5-4-6-11(24)7-10)22-14(23-13)20-9(3)15(16,17)18/h7-9,11,24H,4-6H2,1-3H3,(H2,19,20,21,22,23). The molecule has 9 heteroatoms. The topological polar surface area (TPSA) is 83.0 Å². The maximum absolute atomic E-state index is 12.8. The number of hydrogen-bond donors (Lipinski definition) is 3. The summed E-state index contributed by atoms with van der Waals surface area (Å²) in [5, 5.41) is 15.0. The molecule has 6 nitrogen and oxygen atoms in total. The number of aromatic nitrogens is 3. The van der Waals surface area contributed by atoms with Crippen molar-refractivity contribution in [3.05, 3.63) is 11.9 Å². The smallest absolute Gasteiger partial charge is 0.389 e. The van der Waals surface area contributed by atoms with Gasteiger partial charge < -0.3 is 15.7 Å². The summed E-state index contributed by atoms with van der Waals surface area (Å²) in [6, 6.07) is -1.77. The number of anilines is 2. The van der Waals surface area contributed by atoms with Crippen molar-refractivity contribution in [2.75, 3.05) is 10.6 Å². The van der Waals surface area contributed by atoms with E-state index in [1.807, 2.05) is 13.8 Å². The van der Waals surface area contributed by atoms with Crippen LogP contribution in [0.2, 0.25) is 0 Å². The van der Waals surface area contributed by atoms with Gasteiger partial charge in [0.15, 0.2) is 5.82 Å². The summed E-state index contributed by atoms with van der Waals surface area (Å²) in [6.07, 6.45) is -1.25. The van der Waals surface area contributed by atoms with Gasteiger partial charge in [0.05, 0.1) is 6.10 Å². The number of nitrogens with one attached hydrogen (secondary N) is 2. The van der Waals surface area contributed by atoms with Crippen LogP contribution in [0.15, 0.2) is 6.08 Å². The van der Waals surface area contributed by atoms with E-state index < -0.39 is 18.3 Å². The highest BCUT2D eigenvalue weighted by Gasteiger charge is 2.36. The zero-order chi connectivity index (χ0) is 17.9. The van der Waals surface area contributed by atoms with Gasteiger partial charge in [0.25, 0.3) is 0 Å². The largest absolute Gasteiger partial charge is 0.408 e. The molecular weight excluding hydrogens is 323 g/mol. The summed E-state index contributed by atoms with van der Waals surface area (Å²) >= 11 is 0. The van der Waals surface area contributed by atoms with Gasteiger partial charge in [-0.3, -0.25) is 0 Å². The first-order chi connectivity index (χ1) is 11.1. The Balaban J connectivity index is 2.34. The van der Waals surface area contributed by atoms with Crippen LogP contribution in [-0.4, -0.2) is 44.4 Å². The molecule has 2 unspecified atom stereocenters. The molecule has 0 amide bonds. The van der Waals surface area contributed by atoms with Crippen LogP contribution in [-0.2, 0) is 0 Å². The third-order valence-corrected chi connectivity index (χ3v) is 3.52. The molecule has 134 valence electrons. The van der Waals surface area contributed by atoms with Crippen LogP contribution < -0.4 is 10.6 Å². The minimum absolute atomic E-state index is 0.0130. The van der Waals surface area contributed by atoms with Crippen LogP contribution in [0.25, 0.3) is 5.57 Å². The Kier molecular flexibility index (Phi) is 5.63. The molecule has 1 heterocycles. The van der Waals surface area contributed by atoms with Crippen molar-refractivity contribution in [2.45, 2.75) is 64.4 Å². The number of aliphatic hydroxyl groups is 1. The van der Waals surface area contributed by atoms with Crippen molar-refractivity contribution in [3.63, 3.8) is 0 Å². The first kappa shape index (κ1) is 18.4. The molecule has 24 heavy (non-hydrogen) atoms. The van der Waals surface area contributed by atoms with Gasteiger partial charge in [0, 0.05) is 6.04 Å². The third kappa shape index (κ3) is 5.05. The highest BCUT2D eigenvalue weighted by Crippen LogP contribution is 2.27. The molecule has 0 radical (unpaired) electrons. The number of aliphatic hydroxyl groups excluding tert-OH is 1. The Labute approximate surface area is 138 Å². The van der Waals surface area contributed by atoms with Crippen LogP contribution in [0.4, 0.5) is 25.1 Å². The average Bonchev–Trinajstić information content (AvgIpc) is 2.45. The lowest BCUT2D eigenvalue weighted by atomic mass is 9.97. The Hall–Kier alpha value is -1.90. The average molecular weight is 345 g/mol. The molecule has 1 aromatic heterocycles. The predicted molar refractivity (Wildman–Crippen MR) is 85.6 cm³/mol. The van der Waals surface area contributed by atoms with Crippen molar-refractivity contribution >= 4 is 17.5 Å². The number of hydrogen-bond acceptors (Lipinski definition) is 6. The Morgan fingerprint density at radius 1 is 1.12 bits per heavy atom. The van der Waals surface area contributed by atoms with Crippen LogP contribution in [0.5, 0.6) is 0 Å². The van der Waals surface area contributed by atoms with Crippen molar-refractivity contribution in [3.8, 4) is 0 Å². The third-order valence-electron chi connectivity index (χ3n) is 3.52. The fraction of sp³-hybridized carbons (Fsp3) is 0.667. The van der Waals surface area contributed by atoms with E-state index in [-0.39, 0.29) is 23.8 Å². The Bertz CT molecular complexity index is 603. The molecule has 0 fully saturated rings. The second-order valence-electron chi connectivity index (χ2n) is 6.16. The van der Waals surface area contributed by atoms with E-state index >= 15 is 0 Å². The van der Waals surface area contributed by atoms with Crippen LogP contribution in [0, 0.1) is 0 Å². The van der Waals surface area contributed by atoms with Gasteiger partial charge in [0.1, 0.15) is 6.04 Å². The summed E-state index contributed by atoms with van der Waals surface area (Å²) in [7, 11) is 0. The SMILES string of the molecule is CC(C)Nc1nc(NC(C)C(F)(F)F)nc(C2=CC(O)CCC2)n1. The molecule has 1 aliphatic carbocycles. The first-order valence-corrected chi connectivity index (χ1v) is 7.90. The lowest BCUT2D eigenvalue weighted by molar-refractivity contribution is -0.138. The lowest BCUT2D eigenvalue weighted by Crippen LogP contribution is -2.34. The second-order valence-corrected chi connectivity index (χ2v) is 6.16. The number of alkyl halides is 3. The maximum atomic E-state index is 12.8. The second kappa shape index (κ2) is 7.33. The van der Waals surface area contributed by atoms with Crippen molar-refractivity contribution in [2.24, 2.45) is 0 Å². The molecule has 0 aliphatic heterocycles. The molecule has 0 saturated heterocycles. The summed E-state index contributed by atoms with van der Waals surface area (Å²) in [4.78, 5) is 12.4. The fourth-order valence-electron chi connectivity index (χ4n) is 2.27. The van der Waals surface area contributed by atoms with Gasteiger partial charge in [-0.1, -0.05) is 0 Å². The number of allylic oxidation sites excluding steroid dienone is 1. The molecule has 1 aliphatic rings. The first-order valence-electron chi connectivity index (χ1n) is 7.90. The highest BCUT2D eigenvalue weighted by molar-refractivity contribution is 5.63. The van der Waals surface area contributed by atoms with Crippen molar-refractivity contribution in [1.82, 2.24) is 15.0 Å². The summed E-state index contributed by atoms with van der Waals surface area (Å²) in [5.41, 5.74) is 0.714. The summed E-state index contributed by atoms with van der Waals surface area (Å²) in [6.45, 7) is 4.75. The zero-order valence-corrected chi connectivity index (χ0v) is 13.9. The number of nitrogens with zero attached hydrogens (tertiary/aromatic N) is 3. The number of rotatable bonds is 5. The van der Waals surface area contributed by atoms with E-state index in [1.165, 1.54) is 0 Å². The molecule has 2 rings (SSSR count). The van der Waals surface area contributed by atoms with Gasteiger partial charge in [-0.25, -0.2) is 0 Å². The van der Waals surface area contributed by atoms with Gasteiger partial charge in [-0.2, -0.15) is 28.1 Å². The minimum atomic E-state index is -4.40. The van der Waals surface area contributed by atoms with E-state index in [9.17, 15) is 18.3 Å². The quantitative estimate of drug-likeness (QED) is 0.761. The normalized spacial score (nSPS) is 19.8. The summed E-state index contributed by atoms with van der Waals surface area (Å²) < 4.78 is 38.3. The predicted octanol–water partition coefficient (Wildman–Crippen LogP) is 2.98. The molecule has 0 aromatic carbocycles. The van der Waals surface area contributed by atoms with Crippen molar-refractivity contribution < 1.29 is 18.3 Å². The summed E-state index contributed by atoms with van der Waals surface area (Å²) in [5.74, 6) is 0.338. The van der Waals surface area contributed by atoms with E-state index in [0.29, 0.717) is 18.4 Å². The van der Waals surface area contributed by atoms with Gasteiger partial charge in [-0.05, 0) is 51.7 Å². The van der Waals surface area contributed by atoms with Gasteiger partial charge >= 0.3 is 6.18 Å². The van der Waals surface area contributed by atoms with E-state index in [4.69, 9.17) is 0 Å². The minimum Gasteiger partial charge on any atom is -0.389 e. The molecule has 0 spiro atoms. The molecule has 0 bridgehead atoms. The van der Waals surface area contributed by atoms with E-state index in [2.05, 4.69) is 25.6 Å². The molecule has 0 saturated carbocycles. The molecule has 3 N–H and O–H groups in total. The Morgan fingerprint density at radius 3 is 2.29 bits per heavy atom. The van der Waals surface area contributed by atoms with E-state index in [1.54, 1.807) is 6.08 Å². The lowest BCUT2D eigenvalue weighted by Gasteiger charge is -2.20.